The van der Waals surface area contributed by atoms with Crippen LogP contribution >= 0.6 is 0 Å². The second-order valence-corrected chi connectivity index (χ2v) is 4.48. The lowest BCUT2D eigenvalue weighted by atomic mass is 10.1. The van der Waals surface area contributed by atoms with E-state index in [4.69, 9.17) is 5.73 Å². The molecule has 0 amide bonds. The molecule has 0 bridgehead atoms. The highest BCUT2D eigenvalue weighted by Crippen LogP contribution is 2.08. The van der Waals surface area contributed by atoms with Gasteiger partial charge in [-0.15, -0.1) is 0 Å². The SMILES string of the molecule is Cc1ccc(NC(N)=NC(C)(C)C)cn1. The van der Waals surface area contributed by atoms with Crippen LogP contribution in [0.15, 0.2) is 23.3 Å². The van der Waals surface area contributed by atoms with Gasteiger partial charge in [0.1, 0.15) is 0 Å². The molecule has 0 aliphatic carbocycles. The Labute approximate surface area is 90.6 Å². The van der Waals surface area contributed by atoms with E-state index in [2.05, 4.69) is 15.3 Å². The zero-order valence-electron chi connectivity index (χ0n) is 9.70. The van der Waals surface area contributed by atoms with Crippen molar-refractivity contribution in [3.63, 3.8) is 0 Å². The number of nitrogens with two attached hydrogens (primary N) is 1. The fraction of sp³-hybridized carbons (Fsp3) is 0.455. The van der Waals surface area contributed by atoms with Crippen LogP contribution in [-0.2, 0) is 0 Å². The molecule has 0 saturated heterocycles. The third-order valence-electron chi connectivity index (χ3n) is 1.64. The van der Waals surface area contributed by atoms with Crippen LogP contribution in [0.2, 0.25) is 0 Å². The van der Waals surface area contributed by atoms with Gasteiger partial charge in [0.2, 0.25) is 0 Å². The number of rotatable bonds is 1. The van der Waals surface area contributed by atoms with Crippen molar-refractivity contribution < 1.29 is 0 Å². The molecular weight excluding hydrogens is 188 g/mol. The summed E-state index contributed by atoms with van der Waals surface area (Å²) >= 11 is 0. The monoisotopic (exact) mass is 206 g/mol. The molecule has 0 radical (unpaired) electrons. The van der Waals surface area contributed by atoms with Crippen LogP contribution in [0.3, 0.4) is 0 Å². The van der Waals surface area contributed by atoms with Crippen LogP contribution in [0, 0.1) is 6.92 Å². The third-order valence-corrected chi connectivity index (χ3v) is 1.64. The Hall–Kier alpha value is -1.58. The second-order valence-electron chi connectivity index (χ2n) is 4.48. The van der Waals surface area contributed by atoms with E-state index in [0.717, 1.165) is 11.4 Å². The number of aliphatic imine (C=N–C) groups is 1. The number of aryl methyl sites for hydroxylation is 1. The van der Waals surface area contributed by atoms with E-state index in [1.54, 1.807) is 6.20 Å². The predicted molar refractivity (Wildman–Crippen MR) is 64.0 cm³/mol. The zero-order valence-corrected chi connectivity index (χ0v) is 9.70. The van der Waals surface area contributed by atoms with E-state index in [-0.39, 0.29) is 5.54 Å². The number of hydrogen-bond donors (Lipinski definition) is 2. The Bertz CT molecular complexity index is 346. The van der Waals surface area contributed by atoms with E-state index < -0.39 is 0 Å². The fourth-order valence-corrected chi connectivity index (χ4v) is 1.08. The minimum Gasteiger partial charge on any atom is -0.370 e. The summed E-state index contributed by atoms with van der Waals surface area (Å²) in [5.74, 6) is 0.410. The van der Waals surface area contributed by atoms with Crippen LogP contribution in [0.5, 0.6) is 0 Å². The Kier molecular flexibility index (Phi) is 3.29. The number of guanidine groups is 1. The molecule has 4 nitrogen and oxygen atoms in total. The molecule has 0 atom stereocenters. The largest absolute Gasteiger partial charge is 0.370 e. The maximum absolute atomic E-state index is 5.74. The maximum atomic E-state index is 5.74. The van der Waals surface area contributed by atoms with E-state index in [0.29, 0.717) is 5.96 Å². The number of aromatic nitrogens is 1. The number of hydrogen-bond acceptors (Lipinski definition) is 2. The average Bonchev–Trinajstić information content (AvgIpc) is 2.05. The summed E-state index contributed by atoms with van der Waals surface area (Å²) in [5.41, 5.74) is 7.40. The summed E-state index contributed by atoms with van der Waals surface area (Å²) < 4.78 is 0. The van der Waals surface area contributed by atoms with Crippen molar-refractivity contribution in [1.29, 1.82) is 0 Å². The molecule has 0 aliphatic rings. The lowest BCUT2D eigenvalue weighted by Gasteiger charge is -2.14. The number of pyridine rings is 1. The summed E-state index contributed by atoms with van der Waals surface area (Å²) in [6, 6.07) is 3.85. The standard InChI is InChI=1S/C11H18N4/c1-8-5-6-9(7-13-8)14-10(12)15-11(2,3)4/h5-7H,1-4H3,(H3,12,14,15). The number of nitrogens with zero attached hydrogens (tertiary/aromatic N) is 2. The molecule has 1 aromatic rings. The molecule has 0 unspecified atom stereocenters. The van der Waals surface area contributed by atoms with Crippen molar-refractivity contribution >= 4 is 11.6 Å². The van der Waals surface area contributed by atoms with Crippen molar-refractivity contribution in [1.82, 2.24) is 4.98 Å². The second kappa shape index (κ2) is 4.29. The van der Waals surface area contributed by atoms with Gasteiger partial charge in [-0.3, -0.25) is 4.98 Å². The summed E-state index contributed by atoms with van der Waals surface area (Å²) in [7, 11) is 0. The first-order valence-electron chi connectivity index (χ1n) is 4.92. The molecule has 4 heteroatoms. The Morgan fingerprint density at radius 1 is 1.40 bits per heavy atom. The number of nitrogens with one attached hydrogen (secondary N) is 1. The zero-order chi connectivity index (χ0) is 11.5. The van der Waals surface area contributed by atoms with Crippen LogP contribution < -0.4 is 11.1 Å². The fourth-order valence-electron chi connectivity index (χ4n) is 1.08. The minimum atomic E-state index is -0.171. The lowest BCUT2D eigenvalue weighted by molar-refractivity contribution is 0.583. The molecule has 15 heavy (non-hydrogen) atoms. The van der Waals surface area contributed by atoms with Gasteiger partial charge in [-0.1, -0.05) is 0 Å². The Morgan fingerprint density at radius 2 is 2.07 bits per heavy atom. The molecule has 82 valence electrons. The molecule has 0 aliphatic heterocycles. The van der Waals surface area contributed by atoms with E-state index >= 15 is 0 Å². The summed E-state index contributed by atoms with van der Waals surface area (Å²) in [6.45, 7) is 7.93. The van der Waals surface area contributed by atoms with E-state index in [1.807, 2.05) is 39.8 Å². The average molecular weight is 206 g/mol. The topological polar surface area (TPSA) is 63.3 Å². The first kappa shape index (κ1) is 11.5. The van der Waals surface area contributed by atoms with Gasteiger partial charge < -0.3 is 11.1 Å². The molecule has 0 saturated carbocycles. The predicted octanol–water partition coefficient (Wildman–Crippen LogP) is 1.92. The van der Waals surface area contributed by atoms with Crippen molar-refractivity contribution in [3.05, 3.63) is 24.0 Å². The van der Waals surface area contributed by atoms with Crippen molar-refractivity contribution in [3.8, 4) is 0 Å². The van der Waals surface area contributed by atoms with Crippen LogP contribution in [0.4, 0.5) is 5.69 Å². The van der Waals surface area contributed by atoms with E-state index in [9.17, 15) is 0 Å². The van der Waals surface area contributed by atoms with Crippen LogP contribution in [0.25, 0.3) is 0 Å². The smallest absolute Gasteiger partial charge is 0.193 e. The normalized spacial score (nSPS) is 12.7. The van der Waals surface area contributed by atoms with Gasteiger partial charge in [0.15, 0.2) is 5.96 Å². The first-order chi connectivity index (χ1) is 6.87. The van der Waals surface area contributed by atoms with Crippen LogP contribution in [0.1, 0.15) is 26.5 Å². The van der Waals surface area contributed by atoms with Gasteiger partial charge in [-0.25, -0.2) is 4.99 Å². The summed E-state index contributed by atoms with van der Waals surface area (Å²) in [6.07, 6.45) is 1.74. The molecule has 1 rings (SSSR count). The van der Waals surface area contributed by atoms with E-state index in [1.165, 1.54) is 0 Å². The molecular formula is C11H18N4. The lowest BCUT2D eigenvalue weighted by Crippen LogP contribution is -2.27. The van der Waals surface area contributed by atoms with Gasteiger partial charge in [0, 0.05) is 5.69 Å². The maximum Gasteiger partial charge on any atom is 0.193 e. The Balaban J connectivity index is 2.70. The molecule has 0 fully saturated rings. The van der Waals surface area contributed by atoms with Gasteiger partial charge in [-0.05, 0) is 39.8 Å². The van der Waals surface area contributed by atoms with Crippen molar-refractivity contribution in [2.75, 3.05) is 5.32 Å². The Morgan fingerprint density at radius 3 is 2.53 bits per heavy atom. The highest BCUT2D eigenvalue weighted by Gasteiger charge is 2.07. The highest BCUT2D eigenvalue weighted by molar-refractivity contribution is 5.92. The third kappa shape index (κ3) is 4.44. The van der Waals surface area contributed by atoms with Gasteiger partial charge in [-0.2, -0.15) is 0 Å². The van der Waals surface area contributed by atoms with Crippen molar-refractivity contribution in [2.24, 2.45) is 10.7 Å². The molecule has 0 spiro atoms. The minimum absolute atomic E-state index is 0.171. The summed E-state index contributed by atoms with van der Waals surface area (Å²) in [4.78, 5) is 8.44. The molecule has 3 N–H and O–H groups in total. The quantitative estimate of drug-likeness (QED) is 0.545. The summed E-state index contributed by atoms with van der Waals surface area (Å²) in [5, 5.41) is 2.99. The first-order valence-corrected chi connectivity index (χ1v) is 4.92. The molecule has 0 aromatic carbocycles. The van der Waals surface area contributed by atoms with Gasteiger partial charge in [0.25, 0.3) is 0 Å². The number of anilines is 1. The molecule has 1 heterocycles. The van der Waals surface area contributed by atoms with Gasteiger partial charge >= 0.3 is 0 Å². The van der Waals surface area contributed by atoms with Crippen LogP contribution in [-0.4, -0.2) is 16.5 Å². The highest BCUT2D eigenvalue weighted by atomic mass is 15.1. The molecule has 1 aromatic heterocycles. The van der Waals surface area contributed by atoms with Gasteiger partial charge in [0.05, 0.1) is 17.4 Å². The van der Waals surface area contributed by atoms with Crippen molar-refractivity contribution in [2.45, 2.75) is 33.2 Å².